The van der Waals surface area contributed by atoms with Crippen molar-refractivity contribution in [2.45, 2.75) is 25.6 Å². The normalized spacial score (nSPS) is 21.1. The highest BCUT2D eigenvalue weighted by molar-refractivity contribution is 6.07. The van der Waals surface area contributed by atoms with Crippen molar-refractivity contribution in [2.24, 2.45) is 0 Å². The Labute approximate surface area is 160 Å². The van der Waals surface area contributed by atoms with Crippen LogP contribution < -0.4 is 10.1 Å². The summed E-state index contributed by atoms with van der Waals surface area (Å²) in [5, 5.41) is 14.0. The number of nitro groups is 1. The maximum atomic E-state index is 13.1. The topological polar surface area (TPSA) is 111 Å². The first kappa shape index (κ1) is 17.9. The van der Waals surface area contributed by atoms with Gasteiger partial charge < -0.3 is 14.8 Å². The maximum absolute atomic E-state index is 13.1. The van der Waals surface area contributed by atoms with Gasteiger partial charge in [-0.2, -0.15) is 0 Å². The number of carbonyl (C=O) groups is 2. The zero-order chi connectivity index (χ0) is 19.9. The molecule has 9 nitrogen and oxygen atoms in total. The number of hydrogen-bond donors (Lipinski definition) is 1. The highest BCUT2D eigenvalue weighted by Gasteiger charge is 2.49. The van der Waals surface area contributed by atoms with E-state index in [1.165, 1.54) is 12.1 Å². The molecule has 1 saturated heterocycles. The third-order valence-electron chi connectivity index (χ3n) is 4.94. The Morgan fingerprint density at radius 1 is 1.25 bits per heavy atom. The predicted octanol–water partition coefficient (Wildman–Crippen LogP) is 2.43. The molecule has 0 aliphatic carbocycles. The van der Waals surface area contributed by atoms with Crippen molar-refractivity contribution in [1.29, 1.82) is 0 Å². The standard InChI is InChI=1S/C19H17N3O6/c1-19(14-5-3-2-4-6-14)17(23)21(18(24)20-19)9-12-7-15(22(25)26)8-13-10-27-11-28-16(12)13/h2-8H,9-11H2,1H3,(H,20,24)/t19-/m1/s1. The molecule has 0 saturated carbocycles. The summed E-state index contributed by atoms with van der Waals surface area (Å²) >= 11 is 0. The largest absolute Gasteiger partial charge is 0.467 e. The van der Waals surface area contributed by atoms with E-state index >= 15 is 0 Å². The third-order valence-corrected chi connectivity index (χ3v) is 4.94. The van der Waals surface area contributed by atoms with Crippen LogP contribution in [0, 0.1) is 10.1 Å². The fourth-order valence-electron chi connectivity index (χ4n) is 3.48. The number of nitrogens with one attached hydrogen (secondary N) is 1. The maximum Gasteiger partial charge on any atom is 0.325 e. The second-order valence-corrected chi connectivity index (χ2v) is 6.77. The van der Waals surface area contributed by atoms with Crippen LogP contribution in [0.15, 0.2) is 42.5 Å². The average molecular weight is 383 g/mol. The number of amides is 3. The highest BCUT2D eigenvalue weighted by Crippen LogP contribution is 2.36. The summed E-state index contributed by atoms with van der Waals surface area (Å²) in [6.07, 6.45) is 0. The van der Waals surface area contributed by atoms with E-state index in [9.17, 15) is 19.7 Å². The van der Waals surface area contributed by atoms with Crippen LogP contribution in [0.5, 0.6) is 5.75 Å². The van der Waals surface area contributed by atoms with Crippen molar-refractivity contribution in [1.82, 2.24) is 10.2 Å². The number of imide groups is 1. The molecule has 2 heterocycles. The van der Waals surface area contributed by atoms with Gasteiger partial charge in [-0.1, -0.05) is 30.3 Å². The second-order valence-electron chi connectivity index (χ2n) is 6.77. The van der Waals surface area contributed by atoms with E-state index in [1.807, 2.05) is 6.07 Å². The van der Waals surface area contributed by atoms with Gasteiger partial charge in [0, 0.05) is 23.3 Å². The molecule has 0 radical (unpaired) electrons. The Hall–Kier alpha value is -3.46. The summed E-state index contributed by atoms with van der Waals surface area (Å²) in [5.41, 5.74) is 0.187. The Bertz CT molecular complexity index is 977. The minimum Gasteiger partial charge on any atom is -0.467 e. The molecular weight excluding hydrogens is 366 g/mol. The van der Waals surface area contributed by atoms with Crippen molar-refractivity contribution >= 4 is 17.6 Å². The molecule has 1 fully saturated rings. The first-order valence-electron chi connectivity index (χ1n) is 8.60. The van der Waals surface area contributed by atoms with Crippen LogP contribution in [0.2, 0.25) is 0 Å². The fourth-order valence-corrected chi connectivity index (χ4v) is 3.48. The molecule has 144 valence electrons. The lowest BCUT2D eigenvalue weighted by Gasteiger charge is -2.24. The molecule has 3 amide bonds. The van der Waals surface area contributed by atoms with Crippen molar-refractivity contribution in [2.75, 3.05) is 6.79 Å². The summed E-state index contributed by atoms with van der Waals surface area (Å²) in [5.74, 6) is -0.0261. The van der Waals surface area contributed by atoms with Gasteiger partial charge in [-0.05, 0) is 12.5 Å². The number of ether oxygens (including phenoxy) is 2. The van der Waals surface area contributed by atoms with Crippen molar-refractivity contribution in [3.8, 4) is 5.75 Å². The van der Waals surface area contributed by atoms with Crippen LogP contribution in [-0.2, 0) is 28.2 Å². The van der Waals surface area contributed by atoms with E-state index in [4.69, 9.17) is 9.47 Å². The molecule has 2 aliphatic rings. The fraction of sp³-hybridized carbons (Fsp3) is 0.263. The minimum atomic E-state index is -1.21. The molecule has 1 atom stereocenters. The zero-order valence-electron chi connectivity index (χ0n) is 15.0. The van der Waals surface area contributed by atoms with Gasteiger partial charge in [0.2, 0.25) is 0 Å². The van der Waals surface area contributed by atoms with Gasteiger partial charge >= 0.3 is 6.03 Å². The summed E-state index contributed by atoms with van der Waals surface area (Å²) in [6.45, 7) is 1.65. The first-order valence-corrected chi connectivity index (χ1v) is 8.60. The lowest BCUT2D eigenvalue weighted by atomic mass is 9.92. The van der Waals surface area contributed by atoms with Crippen molar-refractivity contribution in [3.05, 3.63) is 69.3 Å². The lowest BCUT2D eigenvalue weighted by molar-refractivity contribution is -0.385. The second kappa shape index (κ2) is 6.61. The van der Waals surface area contributed by atoms with E-state index in [-0.39, 0.29) is 25.6 Å². The number of urea groups is 1. The van der Waals surface area contributed by atoms with Gasteiger partial charge in [0.05, 0.1) is 18.1 Å². The molecule has 2 aliphatic heterocycles. The molecular formula is C19H17N3O6. The van der Waals surface area contributed by atoms with Crippen molar-refractivity contribution < 1.29 is 24.0 Å². The first-order chi connectivity index (χ1) is 13.4. The number of fused-ring (bicyclic) bond motifs is 1. The Morgan fingerprint density at radius 3 is 2.71 bits per heavy atom. The lowest BCUT2D eigenvalue weighted by Crippen LogP contribution is -2.40. The number of nitro benzene ring substituents is 1. The zero-order valence-corrected chi connectivity index (χ0v) is 15.0. The van der Waals surface area contributed by atoms with E-state index in [0.717, 1.165) is 4.90 Å². The summed E-state index contributed by atoms with van der Waals surface area (Å²) < 4.78 is 10.7. The monoisotopic (exact) mass is 383 g/mol. The average Bonchev–Trinajstić information content (AvgIpc) is 2.92. The third kappa shape index (κ3) is 2.85. The molecule has 9 heteroatoms. The molecule has 0 unspecified atom stereocenters. The smallest absolute Gasteiger partial charge is 0.325 e. The summed E-state index contributed by atoms with van der Waals surface area (Å²) in [6, 6.07) is 11.0. The summed E-state index contributed by atoms with van der Waals surface area (Å²) in [4.78, 5) is 37.4. The predicted molar refractivity (Wildman–Crippen MR) is 96.3 cm³/mol. The van der Waals surface area contributed by atoms with Crippen LogP contribution in [0.25, 0.3) is 0 Å². The Morgan fingerprint density at radius 2 is 2.00 bits per heavy atom. The number of carbonyl (C=O) groups excluding carboxylic acids is 2. The Kier molecular flexibility index (Phi) is 4.23. The van der Waals surface area contributed by atoms with Gasteiger partial charge in [0.25, 0.3) is 11.6 Å². The van der Waals surface area contributed by atoms with Crippen LogP contribution in [0.1, 0.15) is 23.6 Å². The molecule has 1 N–H and O–H groups in total. The van der Waals surface area contributed by atoms with E-state index < -0.39 is 22.4 Å². The molecule has 0 spiro atoms. The molecule has 28 heavy (non-hydrogen) atoms. The van der Waals surface area contributed by atoms with Crippen LogP contribution >= 0.6 is 0 Å². The van der Waals surface area contributed by atoms with E-state index in [2.05, 4.69) is 5.32 Å². The number of benzene rings is 2. The molecule has 0 bridgehead atoms. The van der Waals surface area contributed by atoms with Gasteiger partial charge in [-0.15, -0.1) is 0 Å². The molecule has 4 rings (SSSR count). The minimum absolute atomic E-state index is 0.000313. The Balaban J connectivity index is 1.70. The molecule has 0 aromatic heterocycles. The van der Waals surface area contributed by atoms with Crippen LogP contribution in [0.4, 0.5) is 10.5 Å². The van der Waals surface area contributed by atoms with Gasteiger partial charge in [-0.25, -0.2) is 4.79 Å². The van der Waals surface area contributed by atoms with Gasteiger partial charge in [0.15, 0.2) is 6.79 Å². The molecule has 2 aromatic rings. The highest BCUT2D eigenvalue weighted by atomic mass is 16.7. The number of non-ortho nitro benzene ring substituents is 1. The van der Waals surface area contributed by atoms with Crippen LogP contribution in [-0.4, -0.2) is 28.6 Å². The molecule has 2 aromatic carbocycles. The quantitative estimate of drug-likeness (QED) is 0.493. The van der Waals surface area contributed by atoms with E-state index in [1.54, 1.807) is 31.2 Å². The SMILES string of the molecule is C[C@]1(c2ccccc2)NC(=O)N(Cc2cc([N+](=O)[O-])cc3c2OCOC3)C1=O. The number of nitrogens with zero attached hydrogens (tertiary/aromatic N) is 2. The number of hydrogen-bond acceptors (Lipinski definition) is 6. The van der Waals surface area contributed by atoms with E-state index in [0.29, 0.717) is 22.4 Å². The van der Waals surface area contributed by atoms with Crippen molar-refractivity contribution in [3.63, 3.8) is 0 Å². The number of rotatable bonds is 4. The van der Waals surface area contributed by atoms with Crippen LogP contribution in [0.3, 0.4) is 0 Å². The summed E-state index contributed by atoms with van der Waals surface area (Å²) in [7, 11) is 0. The van der Waals surface area contributed by atoms with Gasteiger partial charge in [0.1, 0.15) is 11.3 Å². The van der Waals surface area contributed by atoms with Gasteiger partial charge in [-0.3, -0.25) is 19.8 Å².